The highest BCUT2D eigenvalue weighted by atomic mass is 19.1. The van der Waals surface area contributed by atoms with Crippen LogP contribution < -0.4 is 15.4 Å². The van der Waals surface area contributed by atoms with E-state index in [4.69, 9.17) is 4.74 Å². The van der Waals surface area contributed by atoms with Crippen LogP contribution in [-0.4, -0.2) is 23.0 Å². The molecule has 0 bridgehead atoms. The van der Waals surface area contributed by atoms with Gasteiger partial charge in [-0.3, -0.25) is 4.79 Å². The minimum atomic E-state index is -0.339. The number of anilines is 1. The van der Waals surface area contributed by atoms with Crippen LogP contribution in [0.15, 0.2) is 60.9 Å². The van der Waals surface area contributed by atoms with Crippen molar-refractivity contribution in [1.82, 2.24) is 15.3 Å². The van der Waals surface area contributed by atoms with E-state index >= 15 is 0 Å². The first-order valence-corrected chi connectivity index (χ1v) is 8.37. The highest BCUT2D eigenvalue weighted by Crippen LogP contribution is 2.16. The second kappa shape index (κ2) is 8.75. The third-order valence-corrected chi connectivity index (χ3v) is 3.93. The summed E-state index contributed by atoms with van der Waals surface area (Å²) >= 11 is 0. The minimum absolute atomic E-state index is 0.196. The van der Waals surface area contributed by atoms with Crippen molar-refractivity contribution >= 4 is 11.7 Å². The van der Waals surface area contributed by atoms with E-state index in [-0.39, 0.29) is 24.0 Å². The van der Waals surface area contributed by atoms with Crippen molar-refractivity contribution in [3.8, 4) is 5.75 Å². The molecule has 6 nitrogen and oxygen atoms in total. The number of para-hydroxylation sites is 1. The number of ether oxygens (including phenoxy) is 1. The summed E-state index contributed by atoms with van der Waals surface area (Å²) < 4.78 is 18.9. The van der Waals surface area contributed by atoms with Gasteiger partial charge in [0.1, 0.15) is 23.1 Å². The van der Waals surface area contributed by atoms with Gasteiger partial charge in [0.25, 0.3) is 5.91 Å². The number of carbonyl (C=O) groups is 1. The Kier molecular flexibility index (Phi) is 5.94. The Morgan fingerprint density at radius 1 is 1.00 bits per heavy atom. The van der Waals surface area contributed by atoms with Crippen LogP contribution in [0.5, 0.6) is 5.75 Å². The first-order chi connectivity index (χ1) is 13.2. The molecule has 3 aromatic rings. The highest BCUT2D eigenvalue weighted by molar-refractivity contribution is 5.92. The van der Waals surface area contributed by atoms with Crippen LogP contribution in [-0.2, 0) is 13.1 Å². The number of methoxy groups -OCH3 is 1. The SMILES string of the molecule is COc1ccccc1CNC(=O)c1cnc(NCc2ccccc2F)cn1. The third-order valence-electron chi connectivity index (χ3n) is 3.93. The molecule has 2 aromatic carbocycles. The molecule has 0 aliphatic heterocycles. The number of nitrogens with zero attached hydrogens (tertiary/aromatic N) is 2. The first-order valence-electron chi connectivity index (χ1n) is 8.37. The molecule has 0 radical (unpaired) electrons. The Morgan fingerprint density at radius 2 is 1.74 bits per heavy atom. The highest BCUT2D eigenvalue weighted by Gasteiger charge is 2.10. The Hall–Kier alpha value is -3.48. The fourth-order valence-corrected chi connectivity index (χ4v) is 2.48. The first kappa shape index (κ1) is 18.3. The number of amides is 1. The molecule has 0 fully saturated rings. The molecule has 0 saturated carbocycles. The molecule has 27 heavy (non-hydrogen) atoms. The summed E-state index contributed by atoms with van der Waals surface area (Å²) in [6, 6.07) is 13.9. The molecule has 1 amide bonds. The van der Waals surface area contributed by atoms with E-state index in [0.29, 0.717) is 23.7 Å². The fraction of sp³-hybridized carbons (Fsp3) is 0.150. The average molecular weight is 366 g/mol. The van der Waals surface area contributed by atoms with Crippen LogP contribution in [0.1, 0.15) is 21.6 Å². The zero-order valence-corrected chi connectivity index (χ0v) is 14.8. The van der Waals surface area contributed by atoms with Gasteiger partial charge in [-0.25, -0.2) is 14.4 Å². The molecular formula is C20H19FN4O2. The molecule has 0 saturated heterocycles. The summed E-state index contributed by atoms with van der Waals surface area (Å²) in [6.07, 6.45) is 2.82. The van der Waals surface area contributed by atoms with Gasteiger partial charge in [0, 0.05) is 24.2 Å². The number of carbonyl (C=O) groups excluding carboxylic acids is 1. The second-order valence-corrected chi connectivity index (χ2v) is 5.73. The maximum atomic E-state index is 13.6. The Balaban J connectivity index is 1.56. The maximum Gasteiger partial charge on any atom is 0.271 e. The quantitative estimate of drug-likeness (QED) is 0.672. The van der Waals surface area contributed by atoms with Gasteiger partial charge in [0.15, 0.2) is 0 Å². The Bertz CT molecular complexity index is 916. The zero-order valence-electron chi connectivity index (χ0n) is 14.8. The predicted molar refractivity (Wildman–Crippen MR) is 99.9 cm³/mol. The number of hydrogen-bond donors (Lipinski definition) is 2. The van der Waals surface area contributed by atoms with E-state index in [0.717, 1.165) is 5.56 Å². The lowest BCUT2D eigenvalue weighted by Gasteiger charge is -2.10. The van der Waals surface area contributed by atoms with Crippen LogP contribution in [0.4, 0.5) is 10.2 Å². The molecule has 0 aliphatic carbocycles. The van der Waals surface area contributed by atoms with E-state index in [1.165, 1.54) is 18.5 Å². The average Bonchev–Trinajstić information content (AvgIpc) is 2.72. The van der Waals surface area contributed by atoms with Crippen molar-refractivity contribution in [2.75, 3.05) is 12.4 Å². The normalized spacial score (nSPS) is 10.3. The molecule has 0 spiro atoms. The number of nitrogens with one attached hydrogen (secondary N) is 2. The monoisotopic (exact) mass is 366 g/mol. The molecule has 7 heteroatoms. The van der Waals surface area contributed by atoms with Crippen molar-refractivity contribution in [2.24, 2.45) is 0 Å². The van der Waals surface area contributed by atoms with Crippen molar-refractivity contribution in [3.63, 3.8) is 0 Å². The van der Waals surface area contributed by atoms with Crippen LogP contribution in [0, 0.1) is 5.82 Å². The van der Waals surface area contributed by atoms with Gasteiger partial charge < -0.3 is 15.4 Å². The maximum absolute atomic E-state index is 13.6. The van der Waals surface area contributed by atoms with Crippen LogP contribution in [0.3, 0.4) is 0 Å². The van der Waals surface area contributed by atoms with Gasteiger partial charge in [-0.15, -0.1) is 0 Å². The van der Waals surface area contributed by atoms with Crippen LogP contribution in [0.25, 0.3) is 0 Å². The van der Waals surface area contributed by atoms with Crippen molar-refractivity contribution in [2.45, 2.75) is 13.1 Å². The number of halogens is 1. The summed E-state index contributed by atoms with van der Waals surface area (Å²) in [5, 5.41) is 5.76. The number of benzene rings is 2. The number of aromatic nitrogens is 2. The largest absolute Gasteiger partial charge is 0.496 e. The van der Waals surface area contributed by atoms with Crippen molar-refractivity contribution < 1.29 is 13.9 Å². The zero-order chi connectivity index (χ0) is 19.1. The molecule has 2 N–H and O–H groups in total. The van der Waals surface area contributed by atoms with E-state index in [1.807, 2.05) is 24.3 Å². The summed E-state index contributed by atoms with van der Waals surface area (Å²) in [4.78, 5) is 20.5. The number of hydrogen-bond acceptors (Lipinski definition) is 5. The fourth-order valence-electron chi connectivity index (χ4n) is 2.48. The third kappa shape index (κ3) is 4.78. The van der Waals surface area contributed by atoms with Gasteiger partial charge in [-0.1, -0.05) is 36.4 Å². The minimum Gasteiger partial charge on any atom is -0.496 e. The summed E-state index contributed by atoms with van der Waals surface area (Å²) in [5.41, 5.74) is 1.59. The van der Waals surface area contributed by atoms with Gasteiger partial charge in [0.2, 0.25) is 0 Å². The molecular weight excluding hydrogens is 347 g/mol. The lowest BCUT2D eigenvalue weighted by Crippen LogP contribution is -2.24. The molecule has 0 atom stereocenters. The molecule has 1 heterocycles. The Labute approximate surface area is 156 Å². The van der Waals surface area contributed by atoms with E-state index in [1.54, 1.807) is 25.3 Å². The van der Waals surface area contributed by atoms with Gasteiger partial charge in [-0.05, 0) is 12.1 Å². The Morgan fingerprint density at radius 3 is 2.44 bits per heavy atom. The molecule has 0 aliphatic rings. The number of rotatable bonds is 7. The van der Waals surface area contributed by atoms with Crippen LogP contribution >= 0.6 is 0 Å². The van der Waals surface area contributed by atoms with Gasteiger partial charge in [-0.2, -0.15) is 0 Å². The molecule has 0 unspecified atom stereocenters. The predicted octanol–water partition coefficient (Wildman–Crippen LogP) is 3.17. The van der Waals surface area contributed by atoms with E-state index in [2.05, 4.69) is 20.6 Å². The van der Waals surface area contributed by atoms with E-state index < -0.39 is 0 Å². The van der Waals surface area contributed by atoms with Crippen LogP contribution in [0.2, 0.25) is 0 Å². The summed E-state index contributed by atoms with van der Waals surface area (Å²) in [5.74, 6) is 0.537. The van der Waals surface area contributed by atoms with E-state index in [9.17, 15) is 9.18 Å². The van der Waals surface area contributed by atoms with Gasteiger partial charge in [0.05, 0.1) is 19.5 Å². The van der Waals surface area contributed by atoms with Crippen molar-refractivity contribution in [3.05, 3.63) is 83.6 Å². The summed E-state index contributed by atoms with van der Waals surface area (Å²) in [7, 11) is 1.58. The molecule has 138 valence electrons. The molecule has 1 aromatic heterocycles. The summed E-state index contributed by atoms with van der Waals surface area (Å²) in [6.45, 7) is 0.596. The lowest BCUT2D eigenvalue weighted by molar-refractivity contribution is 0.0945. The smallest absolute Gasteiger partial charge is 0.271 e. The lowest BCUT2D eigenvalue weighted by atomic mass is 10.2. The standard InChI is InChI=1S/C20H19FN4O2/c1-27-18-9-5-3-7-15(18)11-25-20(26)17-12-24-19(13-22-17)23-10-14-6-2-4-8-16(14)21/h2-9,12-13H,10-11H2,1H3,(H,23,24)(H,25,26). The van der Waals surface area contributed by atoms with Gasteiger partial charge >= 0.3 is 0 Å². The molecule has 3 rings (SSSR count). The topological polar surface area (TPSA) is 76.1 Å². The van der Waals surface area contributed by atoms with Crippen molar-refractivity contribution in [1.29, 1.82) is 0 Å². The second-order valence-electron chi connectivity index (χ2n) is 5.73.